The quantitative estimate of drug-likeness (QED) is 0.858. The zero-order valence-electron chi connectivity index (χ0n) is 13.0. The number of hydrogen-bond acceptors (Lipinski definition) is 4. The van der Waals surface area contributed by atoms with Crippen LogP contribution in [0.25, 0.3) is 0 Å². The smallest absolute Gasteiger partial charge is 0.161 e. The van der Waals surface area contributed by atoms with Crippen LogP contribution in [0.2, 0.25) is 0 Å². The second-order valence-corrected chi connectivity index (χ2v) is 5.73. The van der Waals surface area contributed by atoms with Gasteiger partial charge < -0.3 is 15.2 Å². The molecule has 1 heterocycles. The third-order valence-corrected chi connectivity index (χ3v) is 4.24. The van der Waals surface area contributed by atoms with Gasteiger partial charge in [-0.1, -0.05) is 6.07 Å². The van der Waals surface area contributed by atoms with Gasteiger partial charge in [-0.3, -0.25) is 4.90 Å². The Bertz CT molecular complexity index is 463. The Morgan fingerprint density at radius 1 is 1.27 bits per heavy atom. The predicted octanol–water partition coefficient (Wildman–Crippen LogP) is 2.99. The minimum atomic E-state index is 0. The second kappa shape index (κ2) is 8.82. The molecule has 0 amide bonds. The highest BCUT2D eigenvalue weighted by atomic mass is 35.5. The molecule has 1 aliphatic heterocycles. The number of nitrogens with zero attached hydrogens (tertiary/aromatic N) is 1. The average molecular weight is 349 g/mol. The Morgan fingerprint density at radius 2 is 1.95 bits per heavy atom. The Balaban J connectivity index is 0.00000121. The first-order chi connectivity index (χ1) is 9.79. The van der Waals surface area contributed by atoms with Crippen LogP contribution in [0, 0.1) is 5.92 Å². The first-order valence-corrected chi connectivity index (χ1v) is 7.70. The van der Waals surface area contributed by atoms with Crippen LogP contribution in [-0.2, 0) is 0 Å². The molecule has 22 heavy (non-hydrogen) atoms. The van der Waals surface area contributed by atoms with E-state index >= 15 is 0 Å². The summed E-state index contributed by atoms with van der Waals surface area (Å²) in [5.74, 6) is 1.63. The number of ether oxygens (including phenoxy) is 1. The van der Waals surface area contributed by atoms with Gasteiger partial charge in [0.05, 0.1) is 6.61 Å². The van der Waals surface area contributed by atoms with Crippen LogP contribution in [0.4, 0.5) is 0 Å². The maximum Gasteiger partial charge on any atom is 0.161 e. The summed E-state index contributed by atoms with van der Waals surface area (Å²) in [5.41, 5.74) is 1.29. The molecule has 1 aromatic carbocycles. The molecule has 3 rings (SSSR count). The lowest BCUT2D eigenvalue weighted by atomic mass is 9.99. The van der Waals surface area contributed by atoms with Crippen LogP contribution >= 0.6 is 24.8 Å². The predicted molar refractivity (Wildman–Crippen MR) is 93.7 cm³/mol. The van der Waals surface area contributed by atoms with Gasteiger partial charge in [0.25, 0.3) is 0 Å². The van der Waals surface area contributed by atoms with E-state index in [9.17, 15) is 5.11 Å². The van der Waals surface area contributed by atoms with Crippen LogP contribution < -0.4 is 10.1 Å². The van der Waals surface area contributed by atoms with E-state index in [0.717, 1.165) is 32.1 Å². The summed E-state index contributed by atoms with van der Waals surface area (Å²) < 4.78 is 5.53. The molecule has 0 bridgehead atoms. The summed E-state index contributed by atoms with van der Waals surface area (Å²) in [7, 11) is 0. The van der Waals surface area contributed by atoms with Gasteiger partial charge in [0.15, 0.2) is 11.5 Å². The number of nitrogens with one attached hydrogen (secondary N) is 1. The molecule has 2 fully saturated rings. The van der Waals surface area contributed by atoms with Crippen LogP contribution in [0.3, 0.4) is 0 Å². The molecule has 126 valence electrons. The number of rotatable bonds is 5. The largest absolute Gasteiger partial charge is 0.504 e. The molecule has 2 N–H and O–H groups in total. The second-order valence-electron chi connectivity index (χ2n) is 5.73. The van der Waals surface area contributed by atoms with Gasteiger partial charge >= 0.3 is 0 Å². The number of phenolic OH excluding ortho intramolecular Hbond substituents is 1. The minimum Gasteiger partial charge on any atom is -0.504 e. The van der Waals surface area contributed by atoms with Crippen LogP contribution in [0.15, 0.2) is 18.2 Å². The van der Waals surface area contributed by atoms with Crippen molar-refractivity contribution in [3.8, 4) is 11.5 Å². The monoisotopic (exact) mass is 348 g/mol. The average Bonchev–Trinajstić information content (AvgIpc) is 3.29. The Labute approximate surface area is 145 Å². The van der Waals surface area contributed by atoms with E-state index in [2.05, 4.69) is 16.3 Å². The van der Waals surface area contributed by atoms with Gasteiger partial charge in [-0.05, 0) is 43.4 Å². The fourth-order valence-corrected chi connectivity index (χ4v) is 3.14. The Kier molecular flexibility index (Phi) is 7.77. The van der Waals surface area contributed by atoms with E-state index in [-0.39, 0.29) is 30.6 Å². The van der Waals surface area contributed by atoms with Crippen molar-refractivity contribution in [1.29, 1.82) is 0 Å². The van der Waals surface area contributed by atoms with E-state index in [1.807, 2.05) is 13.0 Å². The van der Waals surface area contributed by atoms with E-state index in [1.165, 1.54) is 18.4 Å². The van der Waals surface area contributed by atoms with Crippen molar-refractivity contribution in [1.82, 2.24) is 10.2 Å². The number of halogens is 2. The van der Waals surface area contributed by atoms with Gasteiger partial charge in [0, 0.05) is 32.2 Å². The molecule has 0 unspecified atom stereocenters. The zero-order chi connectivity index (χ0) is 13.9. The maximum absolute atomic E-state index is 9.86. The summed E-state index contributed by atoms with van der Waals surface area (Å²) >= 11 is 0. The first kappa shape index (κ1) is 19.4. The van der Waals surface area contributed by atoms with Crippen LogP contribution in [0.1, 0.15) is 31.4 Å². The van der Waals surface area contributed by atoms with Gasteiger partial charge in [0.1, 0.15) is 0 Å². The third-order valence-electron chi connectivity index (χ3n) is 4.24. The molecule has 2 aliphatic rings. The van der Waals surface area contributed by atoms with Gasteiger partial charge in [-0.25, -0.2) is 0 Å². The van der Waals surface area contributed by atoms with E-state index in [0.29, 0.717) is 18.4 Å². The van der Waals surface area contributed by atoms with E-state index in [4.69, 9.17) is 4.74 Å². The molecule has 1 atom stereocenters. The summed E-state index contributed by atoms with van der Waals surface area (Å²) in [4.78, 5) is 2.58. The van der Waals surface area contributed by atoms with Gasteiger partial charge in [-0.2, -0.15) is 0 Å². The minimum absolute atomic E-state index is 0. The van der Waals surface area contributed by atoms with E-state index in [1.54, 1.807) is 6.07 Å². The lowest BCUT2D eigenvalue weighted by Crippen LogP contribution is -2.45. The van der Waals surface area contributed by atoms with Crippen molar-refractivity contribution < 1.29 is 9.84 Å². The number of aromatic hydroxyl groups is 1. The number of phenols is 1. The molecule has 1 aromatic rings. The summed E-state index contributed by atoms with van der Waals surface area (Å²) in [6.07, 6.45) is 2.64. The van der Waals surface area contributed by atoms with Crippen molar-refractivity contribution in [2.45, 2.75) is 25.8 Å². The molecular weight excluding hydrogens is 323 g/mol. The number of piperazine rings is 1. The number of hydrogen-bond donors (Lipinski definition) is 2. The fourth-order valence-electron chi connectivity index (χ4n) is 3.14. The van der Waals surface area contributed by atoms with E-state index < -0.39 is 0 Å². The zero-order valence-corrected chi connectivity index (χ0v) is 14.6. The SMILES string of the molecule is CCOc1cc([C@@H](C2CC2)N2CCNCC2)ccc1O.Cl.Cl. The molecule has 4 nitrogen and oxygen atoms in total. The topological polar surface area (TPSA) is 44.7 Å². The maximum atomic E-state index is 9.86. The Hall–Kier alpha value is -0.680. The molecule has 1 saturated carbocycles. The van der Waals surface area contributed by atoms with Crippen molar-refractivity contribution in [3.05, 3.63) is 23.8 Å². The van der Waals surface area contributed by atoms with Crippen molar-refractivity contribution >= 4 is 24.8 Å². The lowest BCUT2D eigenvalue weighted by molar-refractivity contribution is 0.156. The fraction of sp³-hybridized carbons (Fsp3) is 0.625. The number of benzene rings is 1. The molecule has 0 spiro atoms. The van der Waals surface area contributed by atoms with Crippen molar-refractivity contribution in [3.63, 3.8) is 0 Å². The van der Waals surface area contributed by atoms with Gasteiger partial charge in [0.2, 0.25) is 0 Å². The molecule has 0 aromatic heterocycles. The van der Waals surface area contributed by atoms with Gasteiger partial charge in [-0.15, -0.1) is 24.8 Å². The summed E-state index contributed by atoms with van der Waals surface area (Å²) in [6.45, 7) is 6.87. The summed E-state index contributed by atoms with van der Waals surface area (Å²) in [6, 6.07) is 6.35. The lowest BCUT2D eigenvalue weighted by Gasteiger charge is -2.35. The highest BCUT2D eigenvalue weighted by molar-refractivity contribution is 5.85. The summed E-state index contributed by atoms with van der Waals surface area (Å²) in [5, 5.41) is 13.3. The molecule has 0 radical (unpaired) electrons. The Morgan fingerprint density at radius 3 is 2.55 bits per heavy atom. The molecule has 6 heteroatoms. The third kappa shape index (κ3) is 4.42. The van der Waals surface area contributed by atoms with Crippen LogP contribution in [0.5, 0.6) is 11.5 Å². The van der Waals surface area contributed by atoms with Crippen LogP contribution in [-0.4, -0.2) is 42.8 Å². The molecule has 1 aliphatic carbocycles. The normalized spacial score (nSPS) is 19.7. The standard InChI is InChI=1S/C16H24N2O2.2ClH/c1-2-20-15-11-13(5-6-14(15)19)16(12-3-4-12)18-9-7-17-8-10-18;;/h5-6,11-12,16-17,19H,2-4,7-10H2,1H3;2*1H/t16-;;/m1../s1. The highest BCUT2D eigenvalue weighted by Crippen LogP contribution is 2.46. The van der Waals surface area contributed by atoms with Crippen molar-refractivity contribution in [2.75, 3.05) is 32.8 Å². The molecule has 1 saturated heterocycles. The van der Waals surface area contributed by atoms with Crippen molar-refractivity contribution in [2.24, 2.45) is 5.92 Å². The first-order valence-electron chi connectivity index (χ1n) is 7.70. The molecular formula is C16H26Cl2N2O2. The highest BCUT2D eigenvalue weighted by Gasteiger charge is 2.37.